The van der Waals surface area contributed by atoms with Gasteiger partial charge in [0.1, 0.15) is 16.8 Å². The summed E-state index contributed by atoms with van der Waals surface area (Å²) in [4.78, 5) is 12.8. The van der Waals surface area contributed by atoms with E-state index in [0.29, 0.717) is 23.5 Å². The van der Waals surface area contributed by atoms with Crippen LogP contribution in [0.25, 0.3) is 0 Å². The van der Waals surface area contributed by atoms with Crippen molar-refractivity contribution in [2.45, 2.75) is 25.3 Å². The summed E-state index contributed by atoms with van der Waals surface area (Å²) >= 11 is 6.03. The van der Waals surface area contributed by atoms with Crippen molar-refractivity contribution >= 4 is 17.4 Å². The van der Waals surface area contributed by atoms with Gasteiger partial charge in [0.25, 0.3) is 0 Å². The van der Waals surface area contributed by atoms with Gasteiger partial charge in [0.05, 0.1) is 7.11 Å². The van der Waals surface area contributed by atoms with E-state index in [1.165, 1.54) is 0 Å². The fraction of sp³-hybridized carbons (Fsp3) is 0.357. The van der Waals surface area contributed by atoms with Gasteiger partial charge in [0, 0.05) is 30.8 Å². The third-order valence-corrected chi connectivity index (χ3v) is 3.33. The molecule has 0 bridgehead atoms. The van der Waals surface area contributed by atoms with Crippen LogP contribution in [-0.2, 0) is 6.54 Å². The molecule has 5 nitrogen and oxygen atoms in total. The van der Waals surface area contributed by atoms with Gasteiger partial charge in [-0.15, -0.1) is 0 Å². The highest BCUT2D eigenvalue weighted by atomic mass is 35.5. The van der Waals surface area contributed by atoms with E-state index in [4.69, 9.17) is 16.3 Å². The van der Waals surface area contributed by atoms with E-state index >= 15 is 0 Å². The third kappa shape index (κ3) is 3.17. The van der Waals surface area contributed by atoms with Crippen molar-refractivity contribution in [3.63, 3.8) is 0 Å². The molecule has 1 aliphatic carbocycles. The molecule has 2 heterocycles. The van der Waals surface area contributed by atoms with Gasteiger partial charge < -0.3 is 10.1 Å². The zero-order chi connectivity index (χ0) is 13.9. The van der Waals surface area contributed by atoms with Crippen LogP contribution in [0, 0.1) is 0 Å². The summed E-state index contributed by atoms with van der Waals surface area (Å²) in [6.07, 6.45) is 4.03. The highest BCUT2D eigenvalue weighted by Crippen LogP contribution is 2.38. The summed E-state index contributed by atoms with van der Waals surface area (Å²) in [7, 11) is 1.60. The molecule has 2 aromatic rings. The SMILES string of the molecule is COc1cc(CNc2cc(Cl)nc(C3CC3)n2)ccn1. The van der Waals surface area contributed by atoms with E-state index in [1.807, 2.05) is 12.1 Å². The van der Waals surface area contributed by atoms with Crippen molar-refractivity contribution in [2.24, 2.45) is 0 Å². The van der Waals surface area contributed by atoms with E-state index in [-0.39, 0.29) is 0 Å². The Balaban J connectivity index is 1.71. The van der Waals surface area contributed by atoms with Crippen molar-refractivity contribution in [1.29, 1.82) is 0 Å². The standard InChI is InChI=1S/C14H15ClN4O/c1-20-13-6-9(4-5-16-13)8-17-12-7-11(15)18-14(19-12)10-2-3-10/h4-7,10H,2-3,8H2,1H3,(H,17,18,19). The molecule has 0 aromatic carbocycles. The van der Waals surface area contributed by atoms with Crippen LogP contribution < -0.4 is 10.1 Å². The van der Waals surface area contributed by atoms with Gasteiger partial charge in [-0.1, -0.05) is 11.6 Å². The minimum atomic E-state index is 0.482. The number of nitrogens with zero attached hydrogens (tertiary/aromatic N) is 3. The first kappa shape index (κ1) is 13.1. The number of nitrogens with one attached hydrogen (secondary N) is 1. The molecule has 3 rings (SSSR count). The molecule has 0 radical (unpaired) electrons. The third-order valence-electron chi connectivity index (χ3n) is 3.14. The Morgan fingerprint density at radius 2 is 2.20 bits per heavy atom. The number of anilines is 1. The van der Waals surface area contributed by atoms with Gasteiger partial charge in [-0.2, -0.15) is 0 Å². The predicted molar refractivity (Wildman–Crippen MR) is 77.1 cm³/mol. The first-order valence-corrected chi connectivity index (χ1v) is 6.89. The van der Waals surface area contributed by atoms with E-state index in [0.717, 1.165) is 30.0 Å². The summed E-state index contributed by atoms with van der Waals surface area (Å²) < 4.78 is 5.10. The molecule has 1 N–H and O–H groups in total. The zero-order valence-electron chi connectivity index (χ0n) is 11.1. The van der Waals surface area contributed by atoms with Crippen LogP contribution in [-0.4, -0.2) is 22.1 Å². The zero-order valence-corrected chi connectivity index (χ0v) is 11.9. The van der Waals surface area contributed by atoms with Crippen molar-refractivity contribution in [3.8, 4) is 5.88 Å². The maximum atomic E-state index is 6.03. The quantitative estimate of drug-likeness (QED) is 0.858. The monoisotopic (exact) mass is 290 g/mol. The largest absolute Gasteiger partial charge is 0.481 e. The molecule has 2 aromatic heterocycles. The van der Waals surface area contributed by atoms with Crippen LogP contribution >= 0.6 is 11.6 Å². The second kappa shape index (κ2) is 5.63. The molecule has 0 amide bonds. The summed E-state index contributed by atoms with van der Waals surface area (Å²) in [5.41, 5.74) is 1.07. The molecule has 1 saturated carbocycles. The van der Waals surface area contributed by atoms with Crippen molar-refractivity contribution in [1.82, 2.24) is 15.0 Å². The Morgan fingerprint density at radius 1 is 1.35 bits per heavy atom. The Kier molecular flexibility index (Phi) is 3.69. The van der Waals surface area contributed by atoms with Crippen LogP contribution in [0.5, 0.6) is 5.88 Å². The molecule has 20 heavy (non-hydrogen) atoms. The number of pyridine rings is 1. The van der Waals surface area contributed by atoms with Crippen LogP contribution in [0.2, 0.25) is 5.15 Å². The first-order valence-electron chi connectivity index (χ1n) is 6.52. The summed E-state index contributed by atoms with van der Waals surface area (Å²) in [6, 6.07) is 5.56. The number of ether oxygens (including phenoxy) is 1. The van der Waals surface area contributed by atoms with Crippen LogP contribution in [0.1, 0.15) is 30.1 Å². The summed E-state index contributed by atoms with van der Waals surface area (Å²) in [6.45, 7) is 0.635. The molecular formula is C14H15ClN4O. The number of hydrogen-bond donors (Lipinski definition) is 1. The normalized spacial score (nSPS) is 14.1. The topological polar surface area (TPSA) is 59.9 Å². The van der Waals surface area contributed by atoms with Crippen molar-refractivity contribution in [3.05, 3.63) is 40.9 Å². The lowest BCUT2D eigenvalue weighted by molar-refractivity contribution is 0.397. The van der Waals surface area contributed by atoms with E-state index in [2.05, 4.69) is 20.3 Å². The minimum absolute atomic E-state index is 0.482. The molecule has 6 heteroatoms. The lowest BCUT2D eigenvalue weighted by Crippen LogP contribution is -2.04. The van der Waals surface area contributed by atoms with Crippen molar-refractivity contribution in [2.75, 3.05) is 12.4 Å². The minimum Gasteiger partial charge on any atom is -0.481 e. The summed E-state index contributed by atoms with van der Waals surface area (Å²) in [5, 5.41) is 3.74. The number of halogens is 1. The highest BCUT2D eigenvalue weighted by Gasteiger charge is 2.27. The molecule has 104 valence electrons. The molecule has 1 aliphatic rings. The molecular weight excluding hydrogens is 276 g/mol. The molecule has 0 unspecified atom stereocenters. The first-order chi connectivity index (χ1) is 9.74. The predicted octanol–water partition coefficient (Wildman–Crippen LogP) is 3.02. The van der Waals surface area contributed by atoms with Gasteiger partial charge in [-0.3, -0.25) is 0 Å². The molecule has 0 aliphatic heterocycles. The van der Waals surface area contributed by atoms with Gasteiger partial charge in [-0.05, 0) is 24.5 Å². The molecule has 0 saturated heterocycles. The fourth-order valence-electron chi connectivity index (χ4n) is 1.91. The lowest BCUT2D eigenvalue weighted by atomic mass is 10.2. The Morgan fingerprint density at radius 3 is 2.95 bits per heavy atom. The number of aromatic nitrogens is 3. The second-order valence-corrected chi connectivity index (χ2v) is 5.16. The average molecular weight is 291 g/mol. The van der Waals surface area contributed by atoms with Crippen LogP contribution in [0.4, 0.5) is 5.82 Å². The Labute approximate surface area is 122 Å². The molecule has 0 spiro atoms. The average Bonchev–Trinajstić information content (AvgIpc) is 3.29. The number of rotatable bonds is 5. The summed E-state index contributed by atoms with van der Waals surface area (Å²) in [5.74, 6) is 2.67. The maximum absolute atomic E-state index is 6.03. The van der Waals surface area contributed by atoms with Crippen molar-refractivity contribution < 1.29 is 4.74 Å². The smallest absolute Gasteiger partial charge is 0.213 e. The molecule has 1 fully saturated rings. The highest BCUT2D eigenvalue weighted by molar-refractivity contribution is 6.29. The van der Waals surface area contributed by atoms with Gasteiger partial charge in [0.2, 0.25) is 5.88 Å². The lowest BCUT2D eigenvalue weighted by Gasteiger charge is -2.08. The van der Waals surface area contributed by atoms with Crippen LogP contribution in [0.15, 0.2) is 24.4 Å². The van der Waals surface area contributed by atoms with Gasteiger partial charge >= 0.3 is 0 Å². The second-order valence-electron chi connectivity index (χ2n) is 4.77. The fourth-order valence-corrected chi connectivity index (χ4v) is 2.10. The number of hydrogen-bond acceptors (Lipinski definition) is 5. The van der Waals surface area contributed by atoms with Gasteiger partial charge in [-0.25, -0.2) is 15.0 Å². The van der Waals surface area contributed by atoms with Gasteiger partial charge in [0.15, 0.2) is 0 Å². The number of methoxy groups -OCH3 is 1. The molecule has 0 atom stereocenters. The van der Waals surface area contributed by atoms with Crippen LogP contribution in [0.3, 0.4) is 0 Å². The maximum Gasteiger partial charge on any atom is 0.213 e. The Bertz CT molecular complexity index is 616. The van der Waals surface area contributed by atoms with E-state index in [9.17, 15) is 0 Å². The van der Waals surface area contributed by atoms with E-state index in [1.54, 1.807) is 19.4 Å². The van der Waals surface area contributed by atoms with E-state index < -0.39 is 0 Å². The Hall–Kier alpha value is -1.88.